The molecule has 0 saturated heterocycles. The van der Waals surface area contributed by atoms with Gasteiger partial charge in [0.2, 0.25) is 0 Å². The van der Waals surface area contributed by atoms with Crippen molar-refractivity contribution in [1.29, 1.82) is 0 Å². The number of hydrogen-bond donors (Lipinski definition) is 3. The first-order chi connectivity index (χ1) is 16.2. The van der Waals surface area contributed by atoms with Crippen molar-refractivity contribution in [2.24, 2.45) is 5.73 Å². The van der Waals surface area contributed by atoms with Crippen molar-refractivity contribution in [3.63, 3.8) is 0 Å². The van der Waals surface area contributed by atoms with Crippen LogP contribution in [-0.2, 0) is 6.54 Å². The molecule has 2 aliphatic rings. The summed E-state index contributed by atoms with van der Waals surface area (Å²) in [7, 11) is 1.60. The number of fused-ring (bicyclic) bond motifs is 1. The lowest BCUT2D eigenvalue weighted by molar-refractivity contribution is 0.0696. The summed E-state index contributed by atoms with van der Waals surface area (Å²) in [6.45, 7) is 4.23. The third-order valence-electron chi connectivity index (χ3n) is 6.93. The number of carboxylic acids is 1. The predicted molar refractivity (Wildman–Crippen MR) is 129 cm³/mol. The van der Waals surface area contributed by atoms with E-state index in [1.165, 1.54) is 6.07 Å². The summed E-state index contributed by atoms with van der Waals surface area (Å²) < 4.78 is 5.41. The molecule has 1 aliphatic carbocycles. The molecule has 1 heterocycles. The van der Waals surface area contributed by atoms with Gasteiger partial charge in [-0.3, -0.25) is 4.90 Å². The molecule has 0 spiro atoms. The van der Waals surface area contributed by atoms with Crippen molar-refractivity contribution < 1.29 is 24.2 Å². The zero-order valence-corrected chi connectivity index (χ0v) is 19.6. The molecular formula is C25H30N4O5. The zero-order valence-electron chi connectivity index (χ0n) is 19.6. The number of urea groups is 2. The number of rotatable bonds is 5. The zero-order chi connectivity index (χ0) is 24.6. The van der Waals surface area contributed by atoms with Gasteiger partial charge in [-0.25, -0.2) is 14.4 Å². The molecule has 0 aromatic heterocycles. The van der Waals surface area contributed by atoms with E-state index in [1.54, 1.807) is 18.1 Å². The van der Waals surface area contributed by atoms with Crippen LogP contribution >= 0.6 is 0 Å². The Labute approximate surface area is 198 Å². The van der Waals surface area contributed by atoms with Gasteiger partial charge < -0.3 is 25.8 Å². The van der Waals surface area contributed by atoms with Gasteiger partial charge >= 0.3 is 18.0 Å². The number of primary amides is 1. The molecule has 9 heteroatoms. The molecule has 1 fully saturated rings. The van der Waals surface area contributed by atoms with Crippen LogP contribution < -0.4 is 20.7 Å². The maximum absolute atomic E-state index is 12.9. The van der Waals surface area contributed by atoms with Crippen LogP contribution in [0.1, 0.15) is 52.7 Å². The minimum Gasteiger partial charge on any atom is -0.496 e. The smallest absolute Gasteiger partial charge is 0.335 e. The van der Waals surface area contributed by atoms with Gasteiger partial charge in [-0.1, -0.05) is 6.07 Å². The van der Waals surface area contributed by atoms with Crippen LogP contribution in [-0.4, -0.2) is 47.2 Å². The number of hydrogen-bond acceptors (Lipinski definition) is 4. The number of nitrogens with two attached hydrogens (primary N) is 1. The van der Waals surface area contributed by atoms with E-state index in [0.717, 1.165) is 29.5 Å². The van der Waals surface area contributed by atoms with Crippen molar-refractivity contribution in [1.82, 2.24) is 4.90 Å². The molecule has 4 rings (SSSR count). The fourth-order valence-electron chi connectivity index (χ4n) is 5.09. The Kier molecular flexibility index (Phi) is 6.37. The normalized spacial score (nSPS) is 19.7. The van der Waals surface area contributed by atoms with Crippen LogP contribution in [0, 0.1) is 13.8 Å². The van der Waals surface area contributed by atoms with Crippen molar-refractivity contribution >= 4 is 29.4 Å². The maximum atomic E-state index is 12.9. The van der Waals surface area contributed by atoms with Crippen molar-refractivity contribution in [2.75, 3.05) is 17.3 Å². The largest absolute Gasteiger partial charge is 0.496 e. The highest BCUT2D eigenvalue weighted by Gasteiger charge is 2.35. The first kappa shape index (κ1) is 23.4. The van der Waals surface area contributed by atoms with E-state index < -0.39 is 12.0 Å². The lowest BCUT2D eigenvalue weighted by Crippen LogP contribution is -2.51. The maximum Gasteiger partial charge on any atom is 0.335 e. The van der Waals surface area contributed by atoms with Crippen LogP contribution in [0.5, 0.6) is 5.75 Å². The van der Waals surface area contributed by atoms with Gasteiger partial charge in [0, 0.05) is 29.5 Å². The standard InChI is InChI=1S/C25H30N4O5/c1-14-4-5-19(12-22(14)34-3)29(24(26)32)18-8-6-17(7-9-18)28-13-20-15(2)10-16(23(30)31)11-21(20)27-25(28)33/h4-5,10-12,17-18H,6-9,13H2,1-3H3,(H2,26,32)(H,27,33)(H,30,31). The number of ether oxygens (including phenoxy) is 1. The van der Waals surface area contributed by atoms with Gasteiger partial charge in [-0.05, 0) is 74.4 Å². The molecule has 0 radical (unpaired) electrons. The molecule has 4 amide bonds. The highest BCUT2D eigenvalue weighted by atomic mass is 16.5. The first-order valence-electron chi connectivity index (χ1n) is 11.4. The van der Waals surface area contributed by atoms with Crippen LogP contribution in [0.4, 0.5) is 21.0 Å². The van der Waals surface area contributed by atoms with Crippen LogP contribution in [0.3, 0.4) is 0 Å². The number of nitrogens with one attached hydrogen (secondary N) is 1. The summed E-state index contributed by atoms with van der Waals surface area (Å²) in [5, 5.41) is 12.2. The monoisotopic (exact) mass is 466 g/mol. The van der Waals surface area contributed by atoms with E-state index in [9.17, 15) is 19.5 Å². The Hall–Kier alpha value is -3.75. The molecule has 0 unspecified atom stereocenters. The summed E-state index contributed by atoms with van der Waals surface area (Å²) in [4.78, 5) is 40.0. The Bertz CT molecular complexity index is 1140. The van der Waals surface area contributed by atoms with Crippen molar-refractivity contribution in [3.8, 4) is 5.75 Å². The second-order valence-corrected chi connectivity index (χ2v) is 9.01. The van der Waals surface area contributed by atoms with Gasteiger partial charge in [-0.15, -0.1) is 0 Å². The molecular weight excluding hydrogens is 436 g/mol. The molecule has 2 aromatic carbocycles. The van der Waals surface area contributed by atoms with E-state index in [2.05, 4.69) is 5.32 Å². The third kappa shape index (κ3) is 4.37. The fraction of sp³-hybridized carbons (Fsp3) is 0.400. The van der Waals surface area contributed by atoms with E-state index in [0.29, 0.717) is 36.5 Å². The molecule has 4 N–H and O–H groups in total. The fourth-order valence-corrected chi connectivity index (χ4v) is 5.09. The van der Waals surface area contributed by atoms with Crippen LogP contribution in [0.25, 0.3) is 0 Å². The number of amides is 4. The SMILES string of the molecule is COc1cc(N(C(N)=O)C2CCC(N3Cc4c(C)cc(C(=O)O)cc4NC3=O)CC2)ccc1C. The molecule has 9 nitrogen and oxygen atoms in total. The number of nitrogens with zero attached hydrogens (tertiary/aromatic N) is 2. The van der Waals surface area contributed by atoms with E-state index in [1.807, 2.05) is 36.9 Å². The summed E-state index contributed by atoms with van der Waals surface area (Å²) in [6, 6.07) is 7.96. The van der Waals surface area contributed by atoms with Gasteiger partial charge in [-0.2, -0.15) is 0 Å². The highest BCUT2D eigenvalue weighted by molar-refractivity contribution is 5.96. The molecule has 2 aromatic rings. The number of aryl methyl sites for hydroxylation is 2. The summed E-state index contributed by atoms with van der Waals surface area (Å²) in [5.74, 6) is -0.325. The summed E-state index contributed by atoms with van der Waals surface area (Å²) in [5.41, 5.74) is 9.91. The third-order valence-corrected chi connectivity index (χ3v) is 6.93. The summed E-state index contributed by atoms with van der Waals surface area (Å²) in [6.07, 6.45) is 2.87. The Balaban J connectivity index is 1.48. The van der Waals surface area contributed by atoms with Crippen molar-refractivity contribution in [3.05, 3.63) is 52.6 Å². The van der Waals surface area contributed by atoms with Crippen LogP contribution in [0.15, 0.2) is 30.3 Å². The average molecular weight is 467 g/mol. The Morgan fingerprint density at radius 3 is 2.44 bits per heavy atom. The average Bonchev–Trinajstić information content (AvgIpc) is 2.80. The second-order valence-electron chi connectivity index (χ2n) is 9.01. The lowest BCUT2D eigenvalue weighted by atomic mass is 9.88. The van der Waals surface area contributed by atoms with Crippen molar-refractivity contribution in [2.45, 2.75) is 58.2 Å². The minimum atomic E-state index is -1.02. The number of methoxy groups -OCH3 is 1. The predicted octanol–water partition coefficient (Wildman–Crippen LogP) is 4.25. The van der Waals surface area contributed by atoms with Gasteiger partial charge in [0.25, 0.3) is 0 Å². The quantitative estimate of drug-likeness (QED) is 0.607. The molecule has 1 aliphatic heterocycles. The number of anilines is 2. The second kappa shape index (κ2) is 9.24. The lowest BCUT2D eigenvalue weighted by Gasteiger charge is -2.42. The van der Waals surface area contributed by atoms with E-state index in [-0.39, 0.29) is 23.7 Å². The molecule has 0 bridgehead atoms. The van der Waals surface area contributed by atoms with E-state index in [4.69, 9.17) is 10.5 Å². The van der Waals surface area contributed by atoms with Gasteiger partial charge in [0.1, 0.15) is 5.75 Å². The van der Waals surface area contributed by atoms with Crippen LogP contribution in [0.2, 0.25) is 0 Å². The Morgan fingerprint density at radius 2 is 1.82 bits per heavy atom. The van der Waals surface area contributed by atoms with Gasteiger partial charge in [0.15, 0.2) is 0 Å². The molecule has 34 heavy (non-hydrogen) atoms. The Morgan fingerprint density at radius 1 is 1.12 bits per heavy atom. The number of carbonyl (C=O) groups excluding carboxylic acids is 2. The molecule has 0 atom stereocenters. The van der Waals surface area contributed by atoms with Gasteiger partial charge in [0.05, 0.1) is 19.2 Å². The number of carboxylic acid groups (broad SMARTS) is 1. The number of benzene rings is 2. The number of aromatic carboxylic acids is 1. The summed E-state index contributed by atoms with van der Waals surface area (Å²) >= 11 is 0. The minimum absolute atomic E-state index is 0.0187. The number of carbonyl (C=O) groups is 3. The molecule has 180 valence electrons. The topological polar surface area (TPSA) is 125 Å². The first-order valence-corrected chi connectivity index (χ1v) is 11.4. The molecule has 1 saturated carbocycles. The highest BCUT2D eigenvalue weighted by Crippen LogP contribution is 2.35. The van der Waals surface area contributed by atoms with E-state index >= 15 is 0 Å².